The van der Waals surface area contributed by atoms with Crippen molar-refractivity contribution in [3.8, 4) is 5.95 Å². The summed E-state index contributed by atoms with van der Waals surface area (Å²) in [6.45, 7) is 6.91. The van der Waals surface area contributed by atoms with Gasteiger partial charge in [0.25, 0.3) is 5.56 Å². The summed E-state index contributed by atoms with van der Waals surface area (Å²) < 4.78 is 2.80. The number of carbonyl (C=O) groups excluding carboxylic acids is 1. The molecule has 2 N–H and O–H groups in total. The van der Waals surface area contributed by atoms with Gasteiger partial charge in [-0.3, -0.25) is 14.2 Å². The van der Waals surface area contributed by atoms with E-state index in [1.165, 1.54) is 4.57 Å². The Kier molecular flexibility index (Phi) is 3.44. The summed E-state index contributed by atoms with van der Waals surface area (Å²) in [6, 6.07) is 1.87. The van der Waals surface area contributed by atoms with Crippen molar-refractivity contribution in [2.24, 2.45) is 5.73 Å². The summed E-state index contributed by atoms with van der Waals surface area (Å²) in [7, 11) is 0. The molecular formula is C13H17N5O2. The van der Waals surface area contributed by atoms with Crippen LogP contribution in [0.25, 0.3) is 5.95 Å². The highest BCUT2D eigenvalue weighted by atomic mass is 16.2. The maximum atomic E-state index is 12.3. The number of aryl methyl sites for hydroxylation is 3. The largest absolute Gasteiger partial charge is 0.368 e. The predicted octanol–water partition coefficient (Wildman–Crippen LogP) is 0.148. The van der Waals surface area contributed by atoms with Crippen molar-refractivity contribution in [2.75, 3.05) is 0 Å². The van der Waals surface area contributed by atoms with E-state index in [2.05, 4.69) is 10.1 Å². The van der Waals surface area contributed by atoms with Crippen LogP contribution >= 0.6 is 0 Å². The summed E-state index contributed by atoms with van der Waals surface area (Å²) in [4.78, 5) is 27.9. The van der Waals surface area contributed by atoms with Crippen molar-refractivity contribution in [1.29, 1.82) is 0 Å². The number of hydrogen-bond donors (Lipinski definition) is 1. The molecule has 0 fully saturated rings. The molecular weight excluding hydrogens is 258 g/mol. The minimum Gasteiger partial charge on any atom is -0.368 e. The molecule has 0 bridgehead atoms. The lowest BCUT2D eigenvalue weighted by molar-refractivity contribution is -0.118. The number of amides is 1. The van der Waals surface area contributed by atoms with Crippen LogP contribution in [-0.2, 0) is 11.3 Å². The first-order valence-electron chi connectivity index (χ1n) is 6.21. The second-order valence-electron chi connectivity index (χ2n) is 4.82. The Morgan fingerprint density at radius 3 is 2.45 bits per heavy atom. The zero-order valence-electron chi connectivity index (χ0n) is 12.0. The molecule has 20 heavy (non-hydrogen) atoms. The van der Waals surface area contributed by atoms with E-state index in [9.17, 15) is 9.59 Å². The Morgan fingerprint density at radius 1 is 1.30 bits per heavy atom. The topological polar surface area (TPSA) is 95.8 Å². The van der Waals surface area contributed by atoms with Crippen molar-refractivity contribution in [2.45, 2.75) is 34.2 Å². The van der Waals surface area contributed by atoms with Crippen LogP contribution in [-0.4, -0.2) is 25.2 Å². The molecule has 2 rings (SSSR count). The highest BCUT2D eigenvalue weighted by Gasteiger charge is 2.16. The molecule has 2 heterocycles. The van der Waals surface area contributed by atoms with Gasteiger partial charge in [-0.1, -0.05) is 0 Å². The van der Waals surface area contributed by atoms with Crippen molar-refractivity contribution in [3.63, 3.8) is 0 Å². The fraction of sp³-hybridized carbons (Fsp3) is 0.385. The van der Waals surface area contributed by atoms with Gasteiger partial charge in [0.2, 0.25) is 11.9 Å². The molecule has 7 nitrogen and oxygen atoms in total. The first-order chi connectivity index (χ1) is 9.31. The number of nitrogens with two attached hydrogens (primary N) is 1. The highest BCUT2D eigenvalue weighted by molar-refractivity contribution is 5.73. The van der Waals surface area contributed by atoms with Gasteiger partial charge in [-0.2, -0.15) is 5.10 Å². The molecule has 0 aromatic carbocycles. The Labute approximate surface area is 116 Å². The van der Waals surface area contributed by atoms with Crippen molar-refractivity contribution >= 4 is 5.91 Å². The van der Waals surface area contributed by atoms with Gasteiger partial charge in [0.15, 0.2) is 0 Å². The number of hydrogen-bond acceptors (Lipinski definition) is 4. The van der Waals surface area contributed by atoms with E-state index >= 15 is 0 Å². The van der Waals surface area contributed by atoms with Crippen molar-refractivity contribution in [1.82, 2.24) is 19.3 Å². The molecule has 0 aliphatic rings. The number of carbonyl (C=O) groups is 1. The van der Waals surface area contributed by atoms with Crippen molar-refractivity contribution < 1.29 is 4.79 Å². The van der Waals surface area contributed by atoms with Crippen LogP contribution in [0.1, 0.15) is 22.6 Å². The molecule has 0 radical (unpaired) electrons. The minimum absolute atomic E-state index is 0.222. The number of primary amides is 1. The summed E-state index contributed by atoms with van der Waals surface area (Å²) >= 11 is 0. The van der Waals surface area contributed by atoms with Crippen LogP contribution in [0, 0.1) is 27.7 Å². The Balaban J connectivity index is 2.77. The van der Waals surface area contributed by atoms with Gasteiger partial charge in [0.1, 0.15) is 6.54 Å². The van der Waals surface area contributed by atoms with Crippen LogP contribution in [0.3, 0.4) is 0 Å². The maximum Gasteiger partial charge on any atom is 0.258 e. The lowest BCUT2D eigenvalue weighted by Crippen LogP contribution is -2.34. The van der Waals surface area contributed by atoms with Crippen LogP contribution in [0.4, 0.5) is 0 Å². The summed E-state index contributed by atoms with van der Waals surface area (Å²) in [5, 5.41) is 4.30. The fourth-order valence-corrected chi connectivity index (χ4v) is 2.03. The van der Waals surface area contributed by atoms with E-state index < -0.39 is 5.91 Å². The SMILES string of the molecule is Cc1cc(C)n(-c2nc(C)c(C)c(=O)n2CC(N)=O)n1. The minimum atomic E-state index is -0.597. The average Bonchev–Trinajstić information content (AvgIpc) is 2.68. The predicted molar refractivity (Wildman–Crippen MR) is 73.8 cm³/mol. The van der Waals surface area contributed by atoms with Gasteiger partial charge in [0.05, 0.1) is 5.69 Å². The zero-order chi connectivity index (χ0) is 15.0. The second kappa shape index (κ2) is 4.92. The third-order valence-electron chi connectivity index (χ3n) is 3.13. The number of rotatable bonds is 3. The van der Waals surface area contributed by atoms with Gasteiger partial charge in [-0.05, 0) is 33.8 Å². The number of nitrogens with zero attached hydrogens (tertiary/aromatic N) is 4. The van der Waals surface area contributed by atoms with E-state index in [0.29, 0.717) is 17.2 Å². The fourth-order valence-electron chi connectivity index (χ4n) is 2.03. The lowest BCUT2D eigenvalue weighted by atomic mass is 10.2. The van der Waals surface area contributed by atoms with Crippen LogP contribution < -0.4 is 11.3 Å². The smallest absolute Gasteiger partial charge is 0.258 e. The quantitative estimate of drug-likeness (QED) is 0.862. The molecule has 0 saturated carbocycles. The molecule has 1 amide bonds. The molecule has 0 atom stereocenters. The standard InChI is InChI=1S/C13H17N5O2/c1-7-5-8(2)18(16-7)13-15-10(4)9(3)12(20)17(13)6-11(14)19/h5H,6H2,1-4H3,(H2,14,19). The second-order valence-corrected chi connectivity index (χ2v) is 4.82. The molecule has 106 valence electrons. The van der Waals surface area contributed by atoms with Crippen LogP contribution in [0.15, 0.2) is 10.9 Å². The Morgan fingerprint density at radius 2 is 1.95 bits per heavy atom. The summed E-state index contributed by atoms with van der Waals surface area (Å²) in [5.74, 6) is -0.289. The molecule has 0 unspecified atom stereocenters. The molecule has 7 heteroatoms. The monoisotopic (exact) mass is 275 g/mol. The van der Waals surface area contributed by atoms with Crippen LogP contribution in [0.2, 0.25) is 0 Å². The lowest BCUT2D eigenvalue weighted by Gasteiger charge is -2.13. The van der Waals surface area contributed by atoms with Gasteiger partial charge in [-0.25, -0.2) is 9.67 Å². The normalized spacial score (nSPS) is 10.8. The Hall–Kier alpha value is -2.44. The van der Waals surface area contributed by atoms with Gasteiger partial charge < -0.3 is 5.73 Å². The molecule has 0 aliphatic heterocycles. The highest BCUT2D eigenvalue weighted by Crippen LogP contribution is 2.10. The molecule has 0 saturated heterocycles. The van der Waals surface area contributed by atoms with Gasteiger partial charge >= 0.3 is 0 Å². The molecule has 0 spiro atoms. The van der Waals surface area contributed by atoms with E-state index in [1.807, 2.05) is 19.9 Å². The zero-order valence-corrected chi connectivity index (χ0v) is 12.0. The first-order valence-corrected chi connectivity index (χ1v) is 6.21. The van der Waals surface area contributed by atoms with Crippen molar-refractivity contribution in [3.05, 3.63) is 39.1 Å². The Bertz CT molecular complexity index is 742. The first kappa shape index (κ1) is 14.0. The number of aromatic nitrogens is 4. The van der Waals surface area contributed by atoms with Gasteiger partial charge in [-0.15, -0.1) is 0 Å². The maximum absolute atomic E-state index is 12.3. The van der Waals surface area contributed by atoms with E-state index in [0.717, 1.165) is 11.4 Å². The van der Waals surface area contributed by atoms with E-state index in [4.69, 9.17) is 5.73 Å². The summed E-state index contributed by atoms with van der Waals surface area (Å²) in [6.07, 6.45) is 0. The summed E-state index contributed by atoms with van der Waals surface area (Å²) in [5.41, 5.74) is 7.68. The van der Waals surface area contributed by atoms with E-state index in [-0.39, 0.29) is 12.1 Å². The van der Waals surface area contributed by atoms with Crippen LogP contribution in [0.5, 0.6) is 0 Å². The molecule has 2 aromatic rings. The third-order valence-corrected chi connectivity index (χ3v) is 3.13. The molecule has 0 aliphatic carbocycles. The van der Waals surface area contributed by atoms with Gasteiger partial charge in [0, 0.05) is 17.0 Å². The average molecular weight is 275 g/mol. The third kappa shape index (κ3) is 2.34. The van der Waals surface area contributed by atoms with E-state index in [1.54, 1.807) is 18.5 Å². The molecule has 2 aromatic heterocycles.